The average Bonchev–Trinajstić information content (AvgIpc) is 2.32. The summed E-state index contributed by atoms with van der Waals surface area (Å²) < 4.78 is 0. The van der Waals surface area contributed by atoms with Gasteiger partial charge in [0, 0.05) is 12.5 Å². The highest BCUT2D eigenvalue weighted by atomic mass is 16.1. The molecule has 1 unspecified atom stereocenters. The van der Waals surface area contributed by atoms with Gasteiger partial charge in [-0.3, -0.25) is 4.79 Å². The van der Waals surface area contributed by atoms with Crippen molar-refractivity contribution in [2.45, 2.75) is 53.0 Å². The molecule has 1 amide bonds. The highest BCUT2D eigenvalue weighted by Crippen LogP contribution is 2.21. The van der Waals surface area contributed by atoms with Gasteiger partial charge >= 0.3 is 0 Å². The second kappa shape index (κ2) is 7.29. The van der Waals surface area contributed by atoms with E-state index in [9.17, 15) is 4.79 Å². The van der Waals surface area contributed by atoms with E-state index < -0.39 is 0 Å². The van der Waals surface area contributed by atoms with Crippen molar-refractivity contribution in [1.29, 1.82) is 0 Å². The van der Waals surface area contributed by atoms with Crippen molar-refractivity contribution in [2.75, 3.05) is 6.54 Å². The van der Waals surface area contributed by atoms with E-state index in [0.717, 1.165) is 19.4 Å². The van der Waals surface area contributed by atoms with Crippen LogP contribution in [-0.4, -0.2) is 12.5 Å². The lowest BCUT2D eigenvalue weighted by Crippen LogP contribution is -2.21. The molecule has 0 spiro atoms. The maximum Gasteiger partial charge on any atom is 0.217 e. The Bertz CT molecular complexity index is 441. The quantitative estimate of drug-likeness (QED) is 0.742. The first-order chi connectivity index (χ1) is 8.91. The molecule has 0 radical (unpaired) electrons. The average molecular weight is 262 g/mol. The molecule has 3 nitrogen and oxygen atoms in total. The minimum Gasteiger partial charge on any atom is -0.370 e. The van der Waals surface area contributed by atoms with Crippen LogP contribution in [0.4, 0.5) is 0 Å². The van der Waals surface area contributed by atoms with Gasteiger partial charge in [-0.25, -0.2) is 0 Å². The van der Waals surface area contributed by atoms with Gasteiger partial charge in [0.15, 0.2) is 0 Å². The lowest BCUT2D eigenvalue weighted by atomic mass is 9.96. The Balaban J connectivity index is 2.47. The molecule has 1 aromatic rings. The minimum atomic E-state index is -0.210. The maximum atomic E-state index is 10.6. The summed E-state index contributed by atoms with van der Waals surface area (Å²) in [6, 6.07) is 4.86. The summed E-state index contributed by atoms with van der Waals surface area (Å²) in [5.74, 6) is -0.210. The van der Waals surface area contributed by atoms with E-state index in [-0.39, 0.29) is 5.91 Å². The van der Waals surface area contributed by atoms with Gasteiger partial charge in [0.05, 0.1) is 0 Å². The highest BCUT2D eigenvalue weighted by Gasteiger charge is 2.09. The molecule has 1 atom stereocenters. The zero-order valence-corrected chi connectivity index (χ0v) is 12.5. The van der Waals surface area contributed by atoms with E-state index in [0.29, 0.717) is 12.5 Å². The first-order valence-electron chi connectivity index (χ1n) is 7.01. The van der Waals surface area contributed by atoms with E-state index in [1.54, 1.807) is 0 Å². The Hall–Kier alpha value is -1.35. The number of unbranched alkanes of at least 4 members (excludes halogenated alkanes) is 1. The fourth-order valence-electron chi connectivity index (χ4n) is 2.30. The number of carbonyl (C=O) groups excluding carboxylic acids is 1. The number of aryl methyl sites for hydroxylation is 3. The summed E-state index contributed by atoms with van der Waals surface area (Å²) in [5, 5.41) is 3.51. The van der Waals surface area contributed by atoms with Crippen LogP contribution in [0.3, 0.4) is 0 Å². The first kappa shape index (κ1) is 15.7. The molecular formula is C16H26N2O. The SMILES string of the molecule is Cc1cc(C)c(C(C)NCCCCC(N)=O)cc1C. The molecule has 1 rings (SSSR count). The molecule has 0 fully saturated rings. The molecule has 19 heavy (non-hydrogen) atoms. The number of benzene rings is 1. The monoisotopic (exact) mass is 262 g/mol. The van der Waals surface area contributed by atoms with Gasteiger partial charge in [0.1, 0.15) is 0 Å². The van der Waals surface area contributed by atoms with Crippen molar-refractivity contribution < 1.29 is 4.79 Å². The zero-order valence-electron chi connectivity index (χ0n) is 12.5. The molecule has 0 aliphatic rings. The van der Waals surface area contributed by atoms with Gasteiger partial charge in [-0.2, -0.15) is 0 Å². The minimum absolute atomic E-state index is 0.210. The van der Waals surface area contributed by atoms with Crippen molar-refractivity contribution >= 4 is 5.91 Å². The van der Waals surface area contributed by atoms with Crippen molar-refractivity contribution in [3.05, 3.63) is 34.4 Å². The summed E-state index contributed by atoms with van der Waals surface area (Å²) in [6.07, 6.45) is 2.33. The van der Waals surface area contributed by atoms with Crippen LogP contribution in [0.25, 0.3) is 0 Å². The molecule has 3 N–H and O–H groups in total. The summed E-state index contributed by atoms with van der Waals surface area (Å²) in [7, 11) is 0. The van der Waals surface area contributed by atoms with Crippen LogP contribution in [0.2, 0.25) is 0 Å². The Labute approximate surface area is 116 Å². The van der Waals surface area contributed by atoms with Crippen molar-refractivity contribution in [1.82, 2.24) is 5.32 Å². The van der Waals surface area contributed by atoms with E-state index in [1.165, 1.54) is 22.3 Å². The standard InChI is InChI=1S/C16H26N2O/c1-11-9-13(3)15(10-12(11)2)14(4)18-8-6-5-7-16(17)19/h9-10,14,18H,5-8H2,1-4H3,(H2,17,19). The zero-order chi connectivity index (χ0) is 14.4. The number of nitrogens with two attached hydrogens (primary N) is 1. The lowest BCUT2D eigenvalue weighted by molar-refractivity contribution is -0.118. The smallest absolute Gasteiger partial charge is 0.217 e. The normalized spacial score (nSPS) is 12.4. The Morgan fingerprint density at radius 2 is 1.79 bits per heavy atom. The van der Waals surface area contributed by atoms with Crippen LogP contribution in [0.15, 0.2) is 12.1 Å². The van der Waals surface area contributed by atoms with Crippen LogP contribution in [0, 0.1) is 20.8 Å². The van der Waals surface area contributed by atoms with Crippen LogP contribution in [-0.2, 0) is 4.79 Å². The number of hydrogen-bond acceptors (Lipinski definition) is 2. The third-order valence-electron chi connectivity index (χ3n) is 3.65. The molecule has 0 saturated heterocycles. The van der Waals surface area contributed by atoms with Crippen molar-refractivity contribution in [3.63, 3.8) is 0 Å². The Morgan fingerprint density at radius 3 is 2.42 bits per heavy atom. The van der Waals surface area contributed by atoms with E-state index in [1.807, 2.05) is 0 Å². The number of primary amides is 1. The van der Waals surface area contributed by atoms with E-state index >= 15 is 0 Å². The third-order valence-corrected chi connectivity index (χ3v) is 3.65. The van der Waals surface area contributed by atoms with Crippen LogP contribution < -0.4 is 11.1 Å². The Morgan fingerprint density at radius 1 is 1.16 bits per heavy atom. The molecule has 106 valence electrons. The Kier molecular flexibility index (Phi) is 6.03. The number of amides is 1. The van der Waals surface area contributed by atoms with Crippen LogP contribution in [0.5, 0.6) is 0 Å². The summed E-state index contributed by atoms with van der Waals surface area (Å²) >= 11 is 0. The molecule has 3 heteroatoms. The van der Waals surface area contributed by atoms with E-state index in [2.05, 4.69) is 45.1 Å². The predicted octanol–water partition coefficient (Wildman–Crippen LogP) is 2.92. The number of rotatable bonds is 7. The first-order valence-corrected chi connectivity index (χ1v) is 7.01. The summed E-state index contributed by atoms with van der Waals surface area (Å²) in [5.41, 5.74) is 10.5. The second-order valence-corrected chi connectivity index (χ2v) is 5.39. The third kappa shape index (κ3) is 5.03. The largest absolute Gasteiger partial charge is 0.370 e. The van der Waals surface area contributed by atoms with Gasteiger partial charge in [-0.1, -0.05) is 12.1 Å². The van der Waals surface area contributed by atoms with E-state index in [4.69, 9.17) is 5.73 Å². The van der Waals surface area contributed by atoms with Gasteiger partial charge in [0.25, 0.3) is 0 Å². The molecule has 0 aliphatic heterocycles. The summed E-state index contributed by atoms with van der Waals surface area (Å²) in [6.45, 7) is 9.56. The van der Waals surface area contributed by atoms with Gasteiger partial charge < -0.3 is 11.1 Å². The molecule has 0 heterocycles. The van der Waals surface area contributed by atoms with Gasteiger partial charge in [-0.05, 0) is 69.3 Å². The highest BCUT2D eigenvalue weighted by molar-refractivity contribution is 5.73. The fourth-order valence-corrected chi connectivity index (χ4v) is 2.30. The van der Waals surface area contributed by atoms with Crippen LogP contribution >= 0.6 is 0 Å². The van der Waals surface area contributed by atoms with Crippen molar-refractivity contribution in [2.24, 2.45) is 5.73 Å². The molecule has 1 aromatic carbocycles. The summed E-state index contributed by atoms with van der Waals surface area (Å²) in [4.78, 5) is 10.6. The van der Waals surface area contributed by atoms with Gasteiger partial charge in [-0.15, -0.1) is 0 Å². The fraction of sp³-hybridized carbons (Fsp3) is 0.562. The molecular weight excluding hydrogens is 236 g/mol. The van der Waals surface area contributed by atoms with Crippen molar-refractivity contribution in [3.8, 4) is 0 Å². The molecule has 0 aromatic heterocycles. The molecule has 0 bridgehead atoms. The maximum absolute atomic E-state index is 10.6. The second-order valence-electron chi connectivity index (χ2n) is 5.39. The topological polar surface area (TPSA) is 55.1 Å². The molecule has 0 saturated carbocycles. The van der Waals surface area contributed by atoms with Gasteiger partial charge in [0.2, 0.25) is 5.91 Å². The predicted molar refractivity (Wildman–Crippen MR) is 80.1 cm³/mol. The lowest BCUT2D eigenvalue weighted by Gasteiger charge is -2.18. The number of carbonyl (C=O) groups is 1. The number of nitrogens with one attached hydrogen (secondary N) is 1. The van der Waals surface area contributed by atoms with Crippen LogP contribution in [0.1, 0.15) is 54.5 Å². The molecule has 0 aliphatic carbocycles. The number of hydrogen-bond donors (Lipinski definition) is 2.